The molecule has 0 aliphatic carbocycles. The molecule has 1 rings (SSSR count). The summed E-state index contributed by atoms with van der Waals surface area (Å²) in [4.78, 5) is 0. The standard InChI is InChI=1S/C6H5BrSe/c7-5-2-1-3-6(8)4-5/h1-4,8H. The van der Waals surface area contributed by atoms with Crippen molar-refractivity contribution in [3.63, 3.8) is 0 Å². The summed E-state index contributed by atoms with van der Waals surface area (Å²) < 4.78 is 2.36. The Kier molecular flexibility index (Phi) is 2.12. The molecule has 0 aromatic heterocycles. The predicted molar refractivity (Wildman–Crippen MR) is 40.9 cm³/mol. The van der Waals surface area contributed by atoms with Gasteiger partial charge in [0.2, 0.25) is 0 Å². The van der Waals surface area contributed by atoms with Crippen LogP contribution in [0.3, 0.4) is 0 Å². The van der Waals surface area contributed by atoms with Gasteiger partial charge in [-0.3, -0.25) is 0 Å². The van der Waals surface area contributed by atoms with Gasteiger partial charge >= 0.3 is 65.1 Å². The van der Waals surface area contributed by atoms with Crippen LogP contribution in [0.25, 0.3) is 0 Å². The van der Waals surface area contributed by atoms with E-state index in [1.807, 2.05) is 18.2 Å². The molecule has 0 N–H and O–H groups in total. The van der Waals surface area contributed by atoms with Gasteiger partial charge < -0.3 is 0 Å². The number of hydrogen-bond donors (Lipinski definition) is 0. The van der Waals surface area contributed by atoms with Gasteiger partial charge in [0.05, 0.1) is 0 Å². The second-order valence-corrected chi connectivity index (χ2v) is 3.48. The van der Waals surface area contributed by atoms with Crippen molar-refractivity contribution >= 4 is 36.4 Å². The summed E-state index contributed by atoms with van der Waals surface area (Å²) in [6.45, 7) is 0. The van der Waals surface area contributed by atoms with Crippen LogP contribution in [0.1, 0.15) is 0 Å². The van der Waals surface area contributed by atoms with Crippen molar-refractivity contribution in [1.29, 1.82) is 0 Å². The number of halogens is 1. The van der Waals surface area contributed by atoms with Crippen LogP contribution in [0, 0.1) is 0 Å². The average molecular weight is 236 g/mol. The Labute approximate surface area is 65.2 Å². The van der Waals surface area contributed by atoms with Crippen molar-refractivity contribution < 1.29 is 0 Å². The molecule has 0 spiro atoms. The molecule has 42 valence electrons. The molecule has 1 aromatic rings. The molecule has 1 aromatic carbocycles. The molecule has 0 bridgehead atoms. The second-order valence-electron chi connectivity index (χ2n) is 1.48. The van der Waals surface area contributed by atoms with E-state index in [0.717, 1.165) is 4.47 Å². The fourth-order valence-electron chi connectivity index (χ4n) is 0.476. The van der Waals surface area contributed by atoms with Gasteiger partial charge in [0.15, 0.2) is 0 Å². The predicted octanol–water partition coefficient (Wildman–Crippen LogP) is 0.975. The summed E-state index contributed by atoms with van der Waals surface area (Å²) in [5.74, 6) is 0. The van der Waals surface area contributed by atoms with E-state index in [-0.39, 0.29) is 0 Å². The van der Waals surface area contributed by atoms with Gasteiger partial charge in [0.25, 0.3) is 0 Å². The zero-order valence-electron chi connectivity index (χ0n) is 4.13. The maximum absolute atomic E-state index is 3.35. The molecular weight excluding hydrogens is 231 g/mol. The molecule has 0 saturated carbocycles. The fraction of sp³-hybridized carbons (Fsp3) is 0. The summed E-state index contributed by atoms with van der Waals surface area (Å²) in [5.41, 5.74) is 0. The zero-order valence-corrected chi connectivity index (χ0v) is 7.60. The minimum absolute atomic E-state index is 1.13. The van der Waals surface area contributed by atoms with Gasteiger partial charge in [0, 0.05) is 0 Å². The van der Waals surface area contributed by atoms with Crippen LogP contribution in [0.4, 0.5) is 0 Å². The molecule has 0 unspecified atom stereocenters. The van der Waals surface area contributed by atoms with Gasteiger partial charge in [-0.25, -0.2) is 0 Å². The molecule has 0 fully saturated rings. The van der Waals surface area contributed by atoms with Crippen LogP contribution in [0.2, 0.25) is 0 Å². The SMILES string of the molecule is [SeH]c1cccc(Br)c1. The Balaban J connectivity index is 3.08. The van der Waals surface area contributed by atoms with E-state index < -0.39 is 0 Å². The fourth-order valence-corrected chi connectivity index (χ4v) is 1.73. The topological polar surface area (TPSA) is 0 Å². The molecule has 0 atom stereocenters. The van der Waals surface area contributed by atoms with Crippen molar-refractivity contribution in [2.75, 3.05) is 0 Å². The molecule has 0 amide bonds. The van der Waals surface area contributed by atoms with Crippen LogP contribution in [-0.4, -0.2) is 16.0 Å². The summed E-state index contributed by atoms with van der Waals surface area (Å²) in [6, 6.07) is 8.12. The Morgan fingerprint density at radius 3 is 2.50 bits per heavy atom. The molecule has 0 aliphatic heterocycles. The first-order valence-corrected chi connectivity index (χ1v) is 3.97. The number of hydrogen-bond acceptors (Lipinski definition) is 0. The van der Waals surface area contributed by atoms with Gasteiger partial charge in [-0.2, -0.15) is 0 Å². The molecule has 0 saturated heterocycles. The van der Waals surface area contributed by atoms with E-state index in [9.17, 15) is 0 Å². The van der Waals surface area contributed by atoms with Crippen molar-refractivity contribution in [1.82, 2.24) is 0 Å². The van der Waals surface area contributed by atoms with E-state index >= 15 is 0 Å². The summed E-state index contributed by atoms with van der Waals surface area (Å²) in [7, 11) is 0. The maximum atomic E-state index is 3.35. The number of benzene rings is 1. The van der Waals surface area contributed by atoms with E-state index in [4.69, 9.17) is 0 Å². The van der Waals surface area contributed by atoms with Gasteiger partial charge in [0.1, 0.15) is 0 Å². The van der Waals surface area contributed by atoms with E-state index in [1.165, 1.54) is 4.46 Å². The Morgan fingerprint density at radius 1 is 1.38 bits per heavy atom. The van der Waals surface area contributed by atoms with Crippen LogP contribution in [-0.2, 0) is 0 Å². The van der Waals surface area contributed by atoms with Crippen LogP contribution < -0.4 is 4.46 Å². The first-order chi connectivity index (χ1) is 3.79. The summed E-state index contributed by atoms with van der Waals surface area (Å²) in [6.07, 6.45) is 0. The zero-order chi connectivity index (χ0) is 5.98. The Morgan fingerprint density at radius 2 is 2.12 bits per heavy atom. The third-order valence-corrected chi connectivity index (χ3v) is 1.89. The normalized spacial score (nSPS) is 9.25. The third-order valence-electron chi connectivity index (χ3n) is 0.808. The van der Waals surface area contributed by atoms with Crippen LogP contribution >= 0.6 is 15.9 Å². The average Bonchev–Trinajstić information content (AvgIpc) is 1.64. The molecule has 2 heteroatoms. The second kappa shape index (κ2) is 2.67. The van der Waals surface area contributed by atoms with E-state index in [0.29, 0.717) is 0 Å². The van der Waals surface area contributed by atoms with Gasteiger partial charge in [-0.05, 0) is 0 Å². The van der Waals surface area contributed by atoms with Crippen LogP contribution in [0.5, 0.6) is 0 Å². The summed E-state index contributed by atoms with van der Waals surface area (Å²) >= 11 is 5.85. The first-order valence-electron chi connectivity index (χ1n) is 2.23. The molecule has 0 nitrogen and oxygen atoms in total. The third kappa shape index (κ3) is 1.62. The molecular formula is C6H5BrSe. The Bertz CT molecular complexity index is 168. The van der Waals surface area contributed by atoms with Crippen LogP contribution in [0.15, 0.2) is 28.7 Å². The molecule has 8 heavy (non-hydrogen) atoms. The van der Waals surface area contributed by atoms with Crippen molar-refractivity contribution in [3.05, 3.63) is 28.7 Å². The monoisotopic (exact) mass is 236 g/mol. The molecule has 0 aliphatic rings. The van der Waals surface area contributed by atoms with Gasteiger partial charge in [-0.1, -0.05) is 0 Å². The molecule has 0 heterocycles. The Hall–Kier alpha value is 0.219. The summed E-state index contributed by atoms with van der Waals surface area (Å²) in [5, 5.41) is 0. The van der Waals surface area contributed by atoms with Crippen molar-refractivity contribution in [2.24, 2.45) is 0 Å². The van der Waals surface area contributed by atoms with Gasteiger partial charge in [-0.15, -0.1) is 0 Å². The van der Waals surface area contributed by atoms with E-state index in [1.54, 1.807) is 0 Å². The number of rotatable bonds is 0. The van der Waals surface area contributed by atoms with E-state index in [2.05, 4.69) is 38.0 Å². The van der Waals surface area contributed by atoms with Crippen molar-refractivity contribution in [3.8, 4) is 0 Å². The minimum atomic E-state index is 1.13. The molecule has 0 radical (unpaired) electrons. The first kappa shape index (κ1) is 6.34. The quantitative estimate of drug-likeness (QED) is 0.589. The van der Waals surface area contributed by atoms with Crippen molar-refractivity contribution in [2.45, 2.75) is 0 Å².